The topological polar surface area (TPSA) is 9.72 Å². The third-order valence-corrected chi connectivity index (χ3v) is 3.19. The van der Waals surface area contributed by atoms with Crippen LogP contribution < -0.4 is 0 Å². The van der Waals surface area contributed by atoms with Crippen LogP contribution in [0.15, 0.2) is 0 Å². The third kappa shape index (κ3) is 8.08. The number of hydrogen-bond acceptors (Lipinski definition) is 3. The zero-order valence-electron chi connectivity index (χ0n) is 12.0. The molecule has 0 aliphatic heterocycles. The van der Waals surface area contributed by atoms with Gasteiger partial charge in [0.2, 0.25) is 0 Å². The maximum atomic E-state index is 2.53. The summed E-state index contributed by atoms with van der Waals surface area (Å²) in [4.78, 5) is 7.32. The lowest BCUT2D eigenvalue weighted by Crippen LogP contribution is -2.37. The Morgan fingerprint density at radius 1 is 0.625 bits per heavy atom. The van der Waals surface area contributed by atoms with E-state index in [-0.39, 0.29) is 0 Å². The van der Waals surface area contributed by atoms with Crippen LogP contribution in [0.5, 0.6) is 0 Å². The van der Waals surface area contributed by atoms with E-state index in [4.69, 9.17) is 0 Å². The summed E-state index contributed by atoms with van der Waals surface area (Å²) in [5.41, 5.74) is 0. The van der Waals surface area contributed by atoms with Gasteiger partial charge in [-0.05, 0) is 40.2 Å². The zero-order chi connectivity index (χ0) is 12.4. The van der Waals surface area contributed by atoms with E-state index in [0.29, 0.717) is 0 Å². The minimum absolute atomic E-state index is 1.14. The van der Waals surface area contributed by atoms with Crippen LogP contribution in [0.2, 0.25) is 0 Å². The third-order valence-electron chi connectivity index (χ3n) is 3.19. The van der Waals surface area contributed by atoms with Gasteiger partial charge in [0, 0.05) is 26.2 Å². The van der Waals surface area contributed by atoms with Crippen molar-refractivity contribution in [2.24, 2.45) is 0 Å². The molecule has 0 radical (unpaired) electrons. The molecule has 0 saturated carbocycles. The van der Waals surface area contributed by atoms with Crippen molar-refractivity contribution in [3.8, 4) is 0 Å². The van der Waals surface area contributed by atoms with Crippen molar-refractivity contribution in [3.63, 3.8) is 0 Å². The molecule has 0 aromatic heterocycles. The quantitative estimate of drug-likeness (QED) is 0.563. The van der Waals surface area contributed by atoms with Gasteiger partial charge in [-0.3, -0.25) is 0 Å². The first-order valence-electron chi connectivity index (χ1n) is 6.73. The Hall–Kier alpha value is -0.120. The summed E-state index contributed by atoms with van der Waals surface area (Å²) >= 11 is 0. The molecule has 0 aliphatic rings. The highest BCUT2D eigenvalue weighted by atomic mass is 15.2. The van der Waals surface area contributed by atoms with Gasteiger partial charge >= 0.3 is 0 Å². The number of rotatable bonds is 10. The molecule has 0 aliphatic carbocycles. The van der Waals surface area contributed by atoms with Crippen molar-refractivity contribution in [2.75, 3.05) is 59.9 Å². The highest BCUT2D eigenvalue weighted by Gasteiger charge is 2.04. The fourth-order valence-electron chi connectivity index (χ4n) is 1.67. The molecule has 0 heterocycles. The van der Waals surface area contributed by atoms with Crippen LogP contribution in [0.25, 0.3) is 0 Å². The highest BCUT2D eigenvalue weighted by molar-refractivity contribution is 4.60. The van der Waals surface area contributed by atoms with Gasteiger partial charge in [0.25, 0.3) is 0 Å². The Kier molecular flexibility index (Phi) is 9.99. The monoisotopic (exact) mass is 229 g/mol. The fraction of sp³-hybridized carbons (Fsp3) is 1.00. The molecular formula is C13H31N3. The lowest BCUT2D eigenvalue weighted by atomic mass is 10.4. The van der Waals surface area contributed by atoms with E-state index in [2.05, 4.69) is 49.6 Å². The molecule has 0 aromatic carbocycles. The standard InChI is InChI=1S/C13H31N3/c1-6-9-16(8-3)13-12-15(5)11-10-14(4)7-2/h6-13H2,1-5H3. The Balaban J connectivity index is 3.58. The lowest BCUT2D eigenvalue weighted by molar-refractivity contribution is 0.215. The normalized spacial score (nSPS) is 12.0. The average molecular weight is 229 g/mol. The Morgan fingerprint density at radius 3 is 1.69 bits per heavy atom. The maximum absolute atomic E-state index is 2.53. The van der Waals surface area contributed by atoms with Crippen LogP contribution in [-0.2, 0) is 0 Å². The SMILES string of the molecule is CCCN(CC)CCN(C)CCN(C)CC. The van der Waals surface area contributed by atoms with Gasteiger partial charge in [-0.15, -0.1) is 0 Å². The molecule has 0 atom stereocenters. The van der Waals surface area contributed by atoms with Crippen LogP contribution in [0, 0.1) is 0 Å². The van der Waals surface area contributed by atoms with E-state index >= 15 is 0 Å². The van der Waals surface area contributed by atoms with Gasteiger partial charge in [0.1, 0.15) is 0 Å². The summed E-state index contributed by atoms with van der Waals surface area (Å²) < 4.78 is 0. The molecule has 0 amide bonds. The fourth-order valence-corrected chi connectivity index (χ4v) is 1.67. The molecule has 0 fully saturated rings. The van der Waals surface area contributed by atoms with Crippen molar-refractivity contribution in [1.82, 2.24) is 14.7 Å². The molecule has 0 bridgehead atoms. The summed E-state index contributed by atoms with van der Waals surface area (Å²) in [5, 5.41) is 0. The second-order valence-corrected chi connectivity index (χ2v) is 4.63. The van der Waals surface area contributed by atoms with Crippen molar-refractivity contribution in [2.45, 2.75) is 27.2 Å². The first kappa shape index (κ1) is 15.9. The summed E-state index contributed by atoms with van der Waals surface area (Å²) in [6.07, 6.45) is 1.26. The largest absolute Gasteiger partial charge is 0.305 e. The Morgan fingerprint density at radius 2 is 1.19 bits per heavy atom. The highest BCUT2D eigenvalue weighted by Crippen LogP contribution is 1.93. The molecule has 98 valence electrons. The molecule has 0 rings (SSSR count). The van der Waals surface area contributed by atoms with Gasteiger partial charge in [0.05, 0.1) is 0 Å². The smallest absolute Gasteiger partial charge is 0.0109 e. The van der Waals surface area contributed by atoms with Crippen LogP contribution in [-0.4, -0.2) is 74.6 Å². The van der Waals surface area contributed by atoms with E-state index in [1.54, 1.807) is 0 Å². The molecule has 3 heteroatoms. The molecule has 0 spiro atoms. The van der Waals surface area contributed by atoms with E-state index in [1.807, 2.05) is 0 Å². The average Bonchev–Trinajstić information content (AvgIpc) is 2.31. The molecule has 0 N–H and O–H groups in total. The Labute approximate surface area is 102 Å². The summed E-state index contributed by atoms with van der Waals surface area (Å²) in [7, 11) is 4.41. The maximum Gasteiger partial charge on any atom is 0.0109 e. The molecule has 0 unspecified atom stereocenters. The van der Waals surface area contributed by atoms with Gasteiger partial charge in [-0.2, -0.15) is 0 Å². The molecule has 0 aromatic rings. The minimum Gasteiger partial charge on any atom is -0.305 e. The molecule has 16 heavy (non-hydrogen) atoms. The van der Waals surface area contributed by atoms with Crippen LogP contribution in [0.1, 0.15) is 27.2 Å². The van der Waals surface area contributed by atoms with Crippen molar-refractivity contribution in [3.05, 3.63) is 0 Å². The van der Waals surface area contributed by atoms with E-state index in [0.717, 1.165) is 6.54 Å². The number of hydrogen-bond donors (Lipinski definition) is 0. The van der Waals surface area contributed by atoms with Gasteiger partial charge in [0.15, 0.2) is 0 Å². The van der Waals surface area contributed by atoms with E-state index in [1.165, 1.54) is 45.7 Å². The van der Waals surface area contributed by atoms with Crippen LogP contribution >= 0.6 is 0 Å². The second-order valence-electron chi connectivity index (χ2n) is 4.63. The zero-order valence-corrected chi connectivity index (χ0v) is 12.0. The second kappa shape index (κ2) is 10.1. The first-order chi connectivity index (χ1) is 7.63. The van der Waals surface area contributed by atoms with Gasteiger partial charge < -0.3 is 14.7 Å². The number of nitrogens with zero attached hydrogens (tertiary/aromatic N) is 3. The predicted octanol–water partition coefficient (Wildman–Crippen LogP) is 1.60. The van der Waals surface area contributed by atoms with Crippen LogP contribution in [0.4, 0.5) is 0 Å². The van der Waals surface area contributed by atoms with Gasteiger partial charge in [-0.1, -0.05) is 20.8 Å². The summed E-state index contributed by atoms with van der Waals surface area (Å²) in [6, 6.07) is 0. The molecule has 0 saturated heterocycles. The van der Waals surface area contributed by atoms with E-state index < -0.39 is 0 Å². The first-order valence-corrected chi connectivity index (χ1v) is 6.73. The minimum atomic E-state index is 1.14. The predicted molar refractivity (Wildman–Crippen MR) is 73.1 cm³/mol. The van der Waals surface area contributed by atoms with Crippen molar-refractivity contribution in [1.29, 1.82) is 0 Å². The van der Waals surface area contributed by atoms with Gasteiger partial charge in [-0.25, -0.2) is 0 Å². The molecule has 3 nitrogen and oxygen atoms in total. The van der Waals surface area contributed by atoms with Crippen molar-refractivity contribution >= 4 is 0 Å². The Bertz CT molecular complexity index is 150. The van der Waals surface area contributed by atoms with Crippen LogP contribution in [0.3, 0.4) is 0 Å². The van der Waals surface area contributed by atoms with E-state index in [9.17, 15) is 0 Å². The lowest BCUT2D eigenvalue weighted by Gasteiger charge is -2.25. The number of likely N-dealkylation sites (N-methyl/N-ethyl adjacent to an activating group) is 3. The summed E-state index contributed by atoms with van der Waals surface area (Å²) in [5.74, 6) is 0. The van der Waals surface area contributed by atoms with Crippen molar-refractivity contribution < 1.29 is 0 Å². The summed E-state index contributed by atoms with van der Waals surface area (Å²) in [6.45, 7) is 15.0. The molecular weight excluding hydrogens is 198 g/mol.